The van der Waals surface area contributed by atoms with Gasteiger partial charge in [0, 0.05) is 45.3 Å². The van der Waals surface area contributed by atoms with Gasteiger partial charge in [0.15, 0.2) is 0 Å². The van der Waals surface area contributed by atoms with Crippen molar-refractivity contribution < 1.29 is 9.18 Å². The smallest absolute Gasteiger partial charge is 0.232 e. The number of carbonyl (C=O) groups excluding carboxylic acids is 1. The molecule has 126 valence electrons. The summed E-state index contributed by atoms with van der Waals surface area (Å²) < 4.78 is 13.1. The Balaban J connectivity index is 1.66. The lowest BCUT2D eigenvalue weighted by Crippen LogP contribution is -2.50. The fourth-order valence-electron chi connectivity index (χ4n) is 3.66. The van der Waals surface area contributed by atoms with Crippen LogP contribution in [-0.2, 0) is 10.2 Å². The molecule has 0 saturated carbocycles. The minimum Gasteiger partial charge on any atom is -0.340 e. The Bertz CT molecular complexity index is 552. The molecule has 3 rings (SSSR count). The van der Waals surface area contributed by atoms with Crippen molar-refractivity contribution >= 4 is 5.91 Å². The van der Waals surface area contributed by atoms with E-state index in [1.165, 1.54) is 12.1 Å². The van der Waals surface area contributed by atoms with E-state index in [0.717, 1.165) is 51.3 Å². The fraction of sp³-hybridized carbons (Fsp3) is 0.611. The van der Waals surface area contributed by atoms with Crippen LogP contribution in [0.3, 0.4) is 0 Å². The zero-order chi connectivity index (χ0) is 16.4. The standard InChI is InChI=1S/C18H26FN3O/c1-18(2,14-3-5-15(19)6-4-14)17(23)22-10-7-16(13-22)21-11-8-20-9-12-21/h3-6,16,20H,7-13H2,1-2H3. The van der Waals surface area contributed by atoms with Crippen molar-refractivity contribution in [3.8, 4) is 0 Å². The second-order valence-corrected chi connectivity index (χ2v) is 7.11. The molecule has 1 aromatic rings. The molecule has 1 N–H and O–H groups in total. The molecule has 1 amide bonds. The second-order valence-electron chi connectivity index (χ2n) is 7.11. The summed E-state index contributed by atoms with van der Waals surface area (Å²) in [6, 6.07) is 6.77. The third kappa shape index (κ3) is 3.40. The van der Waals surface area contributed by atoms with Gasteiger partial charge in [-0.1, -0.05) is 12.1 Å². The van der Waals surface area contributed by atoms with Crippen LogP contribution >= 0.6 is 0 Å². The number of benzene rings is 1. The molecule has 2 fully saturated rings. The molecule has 2 aliphatic heterocycles. The summed E-state index contributed by atoms with van der Waals surface area (Å²) >= 11 is 0. The maximum atomic E-state index is 13.1. The second kappa shape index (κ2) is 6.57. The molecule has 0 spiro atoms. The summed E-state index contributed by atoms with van der Waals surface area (Å²) in [6.45, 7) is 9.68. The number of likely N-dealkylation sites (tertiary alicyclic amines) is 1. The van der Waals surface area contributed by atoms with E-state index < -0.39 is 5.41 Å². The van der Waals surface area contributed by atoms with Crippen molar-refractivity contribution in [3.05, 3.63) is 35.6 Å². The maximum Gasteiger partial charge on any atom is 0.232 e. The summed E-state index contributed by atoms with van der Waals surface area (Å²) in [4.78, 5) is 17.5. The Morgan fingerprint density at radius 2 is 1.83 bits per heavy atom. The molecule has 2 saturated heterocycles. The first kappa shape index (κ1) is 16.4. The average Bonchev–Trinajstić information content (AvgIpc) is 3.05. The first-order chi connectivity index (χ1) is 11.0. The lowest BCUT2D eigenvalue weighted by atomic mass is 9.83. The number of amides is 1. The summed E-state index contributed by atoms with van der Waals surface area (Å²) in [7, 11) is 0. The van der Waals surface area contributed by atoms with Crippen LogP contribution in [0.1, 0.15) is 25.8 Å². The van der Waals surface area contributed by atoms with Crippen molar-refractivity contribution in [2.24, 2.45) is 0 Å². The SMILES string of the molecule is CC(C)(C(=O)N1CCC(N2CCNCC2)C1)c1ccc(F)cc1. The molecular formula is C18H26FN3O. The summed E-state index contributed by atoms with van der Waals surface area (Å²) in [6.07, 6.45) is 1.05. The van der Waals surface area contributed by atoms with E-state index in [1.807, 2.05) is 18.7 Å². The molecule has 1 atom stereocenters. The van der Waals surface area contributed by atoms with Crippen LogP contribution in [0.25, 0.3) is 0 Å². The number of halogens is 1. The Morgan fingerprint density at radius 1 is 1.17 bits per heavy atom. The third-order valence-corrected chi connectivity index (χ3v) is 5.22. The number of hydrogen-bond donors (Lipinski definition) is 1. The van der Waals surface area contributed by atoms with E-state index in [-0.39, 0.29) is 11.7 Å². The van der Waals surface area contributed by atoms with Crippen molar-refractivity contribution in [1.29, 1.82) is 0 Å². The van der Waals surface area contributed by atoms with E-state index in [1.54, 1.807) is 12.1 Å². The average molecular weight is 319 g/mol. The molecule has 4 nitrogen and oxygen atoms in total. The van der Waals surface area contributed by atoms with Gasteiger partial charge in [0.25, 0.3) is 0 Å². The first-order valence-corrected chi connectivity index (χ1v) is 8.48. The van der Waals surface area contributed by atoms with Crippen LogP contribution in [0.2, 0.25) is 0 Å². The highest BCUT2D eigenvalue weighted by Crippen LogP contribution is 2.28. The first-order valence-electron chi connectivity index (χ1n) is 8.48. The monoisotopic (exact) mass is 319 g/mol. The lowest BCUT2D eigenvalue weighted by molar-refractivity contribution is -0.135. The van der Waals surface area contributed by atoms with Gasteiger partial charge in [-0.2, -0.15) is 0 Å². The van der Waals surface area contributed by atoms with Gasteiger partial charge in [0.1, 0.15) is 5.82 Å². The van der Waals surface area contributed by atoms with Gasteiger partial charge >= 0.3 is 0 Å². The molecule has 0 aliphatic carbocycles. The van der Waals surface area contributed by atoms with Crippen LogP contribution in [0.5, 0.6) is 0 Å². The number of carbonyl (C=O) groups is 1. The van der Waals surface area contributed by atoms with Crippen molar-refractivity contribution in [2.45, 2.75) is 31.7 Å². The fourth-order valence-corrected chi connectivity index (χ4v) is 3.66. The number of nitrogens with zero attached hydrogens (tertiary/aromatic N) is 2. The van der Waals surface area contributed by atoms with E-state index in [9.17, 15) is 9.18 Å². The molecule has 2 aliphatic rings. The van der Waals surface area contributed by atoms with Gasteiger partial charge in [0.05, 0.1) is 5.41 Å². The molecule has 0 radical (unpaired) electrons. The van der Waals surface area contributed by atoms with Gasteiger partial charge in [-0.15, -0.1) is 0 Å². The van der Waals surface area contributed by atoms with E-state index in [4.69, 9.17) is 0 Å². The molecule has 2 heterocycles. The molecule has 0 bridgehead atoms. The highest BCUT2D eigenvalue weighted by molar-refractivity contribution is 5.87. The van der Waals surface area contributed by atoms with E-state index in [2.05, 4.69) is 10.2 Å². The largest absolute Gasteiger partial charge is 0.340 e. The molecule has 5 heteroatoms. The topological polar surface area (TPSA) is 35.6 Å². The molecule has 23 heavy (non-hydrogen) atoms. The van der Waals surface area contributed by atoms with Crippen molar-refractivity contribution in [3.63, 3.8) is 0 Å². The third-order valence-electron chi connectivity index (χ3n) is 5.22. The summed E-state index contributed by atoms with van der Waals surface area (Å²) in [5, 5.41) is 3.37. The van der Waals surface area contributed by atoms with Crippen LogP contribution in [-0.4, -0.2) is 61.0 Å². The maximum absolute atomic E-state index is 13.1. The summed E-state index contributed by atoms with van der Waals surface area (Å²) in [5.74, 6) is -0.126. The normalized spacial score (nSPS) is 23.3. The van der Waals surface area contributed by atoms with E-state index >= 15 is 0 Å². The van der Waals surface area contributed by atoms with Crippen LogP contribution in [0.15, 0.2) is 24.3 Å². The van der Waals surface area contributed by atoms with E-state index in [0.29, 0.717) is 6.04 Å². The van der Waals surface area contributed by atoms with Gasteiger partial charge in [-0.05, 0) is 38.0 Å². The van der Waals surface area contributed by atoms with Gasteiger partial charge in [-0.3, -0.25) is 9.69 Å². The zero-order valence-corrected chi connectivity index (χ0v) is 14.0. The highest BCUT2D eigenvalue weighted by Gasteiger charge is 2.38. The number of hydrogen-bond acceptors (Lipinski definition) is 3. The Morgan fingerprint density at radius 3 is 2.48 bits per heavy atom. The number of nitrogens with one attached hydrogen (secondary N) is 1. The van der Waals surface area contributed by atoms with Gasteiger partial charge < -0.3 is 10.2 Å². The molecular weight excluding hydrogens is 293 g/mol. The minimum atomic E-state index is -0.619. The molecule has 0 aromatic heterocycles. The van der Waals surface area contributed by atoms with Gasteiger partial charge in [-0.25, -0.2) is 4.39 Å². The lowest BCUT2D eigenvalue weighted by Gasteiger charge is -2.34. The predicted octanol–water partition coefficient (Wildman–Crippen LogP) is 1.61. The highest BCUT2D eigenvalue weighted by atomic mass is 19.1. The van der Waals surface area contributed by atoms with Crippen LogP contribution < -0.4 is 5.32 Å². The Kier molecular flexibility index (Phi) is 4.69. The predicted molar refractivity (Wildman–Crippen MR) is 88.9 cm³/mol. The number of rotatable bonds is 3. The van der Waals surface area contributed by atoms with Crippen LogP contribution in [0, 0.1) is 5.82 Å². The Labute approximate surface area is 137 Å². The minimum absolute atomic E-state index is 0.141. The van der Waals surface area contributed by atoms with Crippen LogP contribution in [0.4, 0.5) is 4.39 Å². The van der Waals surface area contributed by atoms with Gasteiger partial charge in [0.2, 0.25) is 5.91 Å². The summed E-state index contributed by atoms with van der Waals surface area (Å²) in [5.41, 5.74) is 0.251. The molecule has 1 unspecified atom stereocenters. The van der Waals surface area contributed by atoms with Crippen molar-refractivity contribution in [2.75, 3.05) is 39.3 Å². The van der Waals surface area contributed by atoms with Crippen molar-refractivity contribution in [1.82, 2.24) is 15.1 Å². The molecule has 1 aromatic carbocycles. The Hall–Kier alpha value is -1.46. The zero-order valence-electron chi connectivity index (χ0n) is 14.0. The number of piperazine rings is 1. The quantitative estimate of drug-likeness (QED) is 0.919.